The van der Waals surface area contributed by atoms with Crippen LogP contribution in [0.4, 0.5) is 0 Å². The van der Waals surface area contributed by atoms with Gasteiger partial charge in [0.05, 0.1) is 11.4 Å². The highest BCUT2D eigenvalue weighted by atomic mass is 79.9. The van der Waals surface area contributed by atoms with Gasteiger partial charge in [-0.25, -0.2) is 8.42 Å². The number of nitrogens with zero attached hydrogens (tertiary/aromatic N) is 1. The third kappa shape index (κ3) is 5.35. The molecule has 150 valence electrons. The lowest BCUT2D eigenvalue weighted by atomic mass is 10.2. The Morgan fingerprint density at radius 2 is 1.75 bits per heavy atom. The van der Waals surface area contributed by atoms with Crippen LogP contribution in [0, 0.1) is 0 Å². The van der Waals surface area contributed by atoms with Crippen LogP contribution in [0.2, 0.25) is 5.02 Å². The number of carbonyl (C=O) groups is 1. The molecule has 0 atom stereocenters. The Morgan fingerprint density at radius 1 is 1.11 bits per heavy atom. The Labute approximate surface area is 179 Å². The van der Waals surface area contributed by atoms with Gasteiger partial charge in [-0.15, -0.1) is 0 Å². The lowest BCUT2D eigenvalue weighted by Crippen LogP contribution is -2.43. The molecule has 28 heavy (non-hydrogen) atoms. The quantitative estimate of drug-likeness (QED) is 0.634. The number of amides is 1. The molecule has 0 radical (unpaired) electrons. The van der Waals surface area contributed by atoms with E-state index in [-0.39, 0.29) is 29.9 Å². The number of hydrogen-bond donors (Lipinski definition) is 1. The molecule has 2 aromatic carbocycles. The monoisotopic (exact) mass is 484 g/mol. The summed E-state index contributed by atoms with van der Waals surface area (Å²) in [4.78, 5) is 12.7. The molecule has 1 fully saturated rings. The zero-order valence-corrected chi connectivity index (χ0v) is 18.4. The number of hydrogen-bond acceptors (Lipinski definition) is 3. The van der Waals surface area contributed by atoms with Crippen LogP contribution in [0.15, 0.2) is 57.9 Å². The number of carbonyl (C=O) groups excluding carboxylic acids is 1. The first-order valence-electron chi connectivity index (χ1n) is 9.15. The summed E-state index contributed by atoms with van der Waals surface area (Å²) in [6.45, 7) is -0.226. The molecule has 3 rings (SSSR count). The van der Waals surface area contributed by atoms with Crippen molar-refractivity contribution in [3.63, 3.8) is 0 Å². The molecule has 1 saturated carbocycles. The number of halogens is 2. The van der Waals surface area contributed by atoms with Crippen LogP contribution in [0.25, 0.3) is 0 Å². The Balaban J connectivity index is 1.85. The standard InChI is InChI=1S/C20H22BrClN2O3S/c21-16-9-11-18(12-10-16)28(26,27)24(13-15-5-1-4-8-19(15)22)14-20(25)23-17-6-2-3-7-17/h1,4-5,8-12,17H,2-3,6-7,13-14H2,(H,23,25). The van der Waals surface area contributed by atoms with Gasteiger partial charge in [-0.3, -0.25) is 4.79 Å². The minimum absolute atomic E-state index is 0.0240. The number of benzene rings is 2. The van der Waals surface area contributed by atoms with Crippen molar-refractivity contribution in [2.75, 3.05) is 6.54 Å². The zero-order valence-electron chi connectivity index (χ0n) is 15.3. The van der Waals surface area contributed by atoms with E-state index in [1.54, 1.807) is 36.4 Å². The van der Waals surface area contributed by atoms with Crippen LogP contribution in [0.3, 0.4) is 0 Å². The second-order valence-electron chi connectivity index (χ2n) is 6.87. The first kappa shape index (κ1) is 21.3. The van der Waals surface area contributed by atoms with Crippen LogP contribution in [-0.4, -0.2) is 31.2 Å². The normalized spacial score (nSPS) is 15.1. The summed E-state index contributed by atoms with van der Waals surface area (Å²) in [5.41, 5.74) is 0.651. The molecule has 0 aliphatic heterocycles. The molecule has 0 bridgehead atoms. The highest BCUT2D eigenvalue weighted by Crippen LogP contribution is 2.24. The molecule has 0 unspecified atom stereocenters. The van der Waals surface area contributed by atoms with E-state index in [2.05, 4.69) is 21.2 Å². The van der Waals surface area contributed by atoms with Gasteiger partial charge in [0.15, 0.2) is 0 Å². The van der Waals surface area contributed by atoms with Gasteiger partial charge >= 0.3 is 0 Å². The van der Waals surface area contributed by atoms with Crippen molar-refractivity contribution < 1.29 is 13.2 Å². The van der Waals surface area contributed by atoms with Crippen molar-refractivity contribution in [3.05, 3.63) is 63.6 Å². The molecular weight excluding hydrogens is 464 g/mol. The first-order valence-corrected chi connectivity index (χ1v) is 11.8. The second kappa shape index (κ2) is 9.39. The van der Waals surface area contributed by atoms with Gasteiger partial charge in [0, 0.05) is 22.1 Å². The van der Waals surface area contributed by atoms with Crippen molar-refractivity contribution in [1.82, 2.24) is 9.62 Å². The topological polar surface area (TPSA) is 66.5 Å². The molecule has 1 N–H and O–H groups in total. The summed E-state index contributed by atoms with van der Waals surface area (Å²) in [7, 11) is -3.87. The van der Waals surface area contributed by atoms with Gasteiger partial charge < -0.3 is 5.32 Å². The van der Waals surface area contributed by atoms with Gasteiger partial charge in [0.1, 0.15) is 0 Å². The average Bonchev–Trinajstić information content (AvgIpc) is 3.16. The van der Waals surface area contributed by atoms with E-state index in [0.717, 1.165) is 30.2 Å². The molecule has 2 aromatic rings. The van der Waals surface area contributed by atoms with Crippen LogP contribution in [0.1, 0.15) is 31.2 Å². The lowest BCUT2D eigenvalue weighted by molar-refractivity contribution is -0.122. The summed E-state index contributed by atoms with van der Waals surface area (Å²) < 4.78 is 28.4. The third-order valence-electron chi connectivity index (χ3n) is 4.80. The largest absolute Gasteiger partial charge is 0.352 e. The van der Waals surface area contributed by atoms with E-state index in [9.17, 15) is 13.2 Å². The Hall–Kier alpha value is -1.41. The van der Waals surface area contributed by atoms with E-state index < -0.39 is 10.0 Å². The van der Waals surface area contributed by atoms with Gasteiger partial charge in [0.25, 0.3) is 0 Å². The van der Waals surface area contributed by atoms with Crippen molar-refractivity contribution in [2.45, 2.75) is 43.2 Å². The van der Waals surface area contributed by atoms with Crippen molar-refractivity contribution in [2.24, 2.45) is 0 Å². The molecule has 8 heteroatoms. The SMILES string of the molecule is O=C(CN(Cc1ccccc1Cl)S(=O)(=O)c1ccc(Br)cc1)NC1CCCC1. The van der Waals surface area contributed by atoms with Crippen LogP contribution in [0.5, 0.6) is 0 Å². The average molecular weight is 486 g/mol. The van der Waals surface area contributed by atoms with Gasteiger partial charge in [-0.05, 0) is 48.7 Å². The molecule has 0 saturated heterocycles. The molecule has 5 nitrogen and oxygen atoms in total. The predicted octanol–water partition coefficient (Wildman–Crippen LogP) is 4.35. The van der Waals surface area contributed by atoms with Crippen molar-refractivity contribution in [1.29, 1.82) is 0 Å². The smallest absolute Gasteiger partial charge is 0.243 e. The molecule has 1 aliphatic rings. The van der Waals surface area contributed by atoms with Crippen LogP contribution < -0.4 is 5.32 Å². The minimum atomic E-state index is -3.87. The lowest BCUT2D eigenvalue weighted by Gasteiger charge is -2.23. The molecule has 0 aromatic heterocycles. The fraction of sp³-hybridized carbons (Fsp3) is 0.350. The van der Waals surface area contributed by atoms with E-state index in [1.807, 2.05) is 0 Å². The molecule has 0 heterocycles. The number of nitrogens with one attached hydrogen (secondary N) is 1. The Kier molecular flexibility index (Phi) is 7.15. The maximum Gasteiger partial charge on any atom is 0.243 e. The van der Waals surface area contributed by atoms with Gasteiger partial charge in [-0.2, -0.15) is 4.31 Å². The number of sulfonamides is 1. The van der Waals surface area contributed by atoms with Crippen LogP contribution in [-0.2, 0) is 21.4 Å². The minimum Gasteiger partial charge on any atom is -0.352 e. The summed E-state index contributed by atoms with van der Waals surface area (Å²) >= 11 is 9.54. The Bertz CT molecular complexity index is 929. The van der Waals surface area contributed by atoms with E-state index in [0.29, 0.717) is 10.6 Å². The van der Waals surface area contributed by atoms with Crippen molar-refractivity contribution in [3.8, 4) is 0 Å². The predicted molar refractivity (Wildman–Crippen MR) is 114 cm³/mol. The summed E-state index contributed by atoms with van der Waals surface area (Å²) in [5.74, 6) is -0.292. The highest BCUT2D eigenvalue weighted by Gasteiger charge is 2.28. The van der Waals surface area contributed by atoms with E-state index in [4.69, 9.17) is 11.6 Å². The molecule has 1 aliphatic carbocycles. The van der Waals surface area contributed by atoms with Gasteiger partial charge in [-0.1, -0.05) is 58.6 Å². The van der Waals surface area contributed by atoms with E-state index in [1.165, 1.54) is 16.4 Å². The third-order valence-corrected chi connectivity index (χ3v) is 7.50. The fourth-order valence-corrected chi connectivity index (χ4v) is 5.14. The highest BCUT2D eigenvalue weighted by molar-refractivity contribution is 9.10. The summed E-state index contributed by atoms with van der Waals surface area (Å²) in [5, 5.41) is 3.42. The molecule has 1 amide bonds. The summed E-state index contributed by atoms with van der Waals surface area (Å²) in [6.07, 6.45) is 4.06. The fourth-order valence-electron chi connectivity index (χ4n) is 3.30. The maximum atomic E-state index is 13.2. The van der Waals surface area contributed by atoms with Crippen molar-refractivity contribution >= 4 is 43.5 Å². The molecular formula is C20H22BrClN2O3S. The van der Waals surface area contributed by atoms with E-state index >= 15 is 0 Å². The zero-order chi connectivity index (χ0) is 20.1. The maximum absolute atomic E-state index is 13.2. The first-order chi connectivity index (χ1) is 13.4. The van der Waals surface area contributed by atoms with Gasteiger partial charge in [0.2, 0.25) is 15.9 Å². The number of rotatable bonds is 7. The van der Waals surface area contributed by atoms with Crippen LogP contribution >= 0.6 is 27.5 Å². The second-order valence-corrected chi connectivity index (χ2v) is 10.1. The Morgan fingerprint density at radius 3 is 2.39 bits per heavy atom. The molecule has 0 spiro atoms. The summed E-state index contributed by atoms with van der Waals surface area (Å²) in [6, 6.07) is 13.6.